The minimum Gasteiger partial charge on any atom is -0.736 e. The second kappa shape index (κ2) is 5.47. The Morgan fingerprint density at radius 2 is 2.00 bits per heavy atom. The third-order valence-electron chi connectivity index (χ3n) is 1.41. The van der Waals surface area contributed by atoms with E-state index in [1.54, 1.807) is 0 Å². The molecule has 0 aliphatic carbocycles. The van der Waals surface area contributed by atoms with E-state index < -0.39 is 10.3 Å². The molecule has 0 spiro atoms. The summed E-state index contributed by atoms with van der Waals surface area (Å²) in [6.07, 6.45) is 4.43. The van der Waals surface area contributed by atoms with E-state index in [2.05, 4.69) is 12.1 Å². The van der Waals surface area contributed by atoms with Gasteiger partial charge in [0.15, 0.2) is 10.3 Å². The lowest BCUT2D eigenvalue weighted by atomic mass is 10.1. The highest BCUT2D eigenvalue weighted by atomic mass is 32.2. The molecular formula is C6H14NO4S-. The van der Waals surface area contributed by atoms with Crippen LogP contribution >= 0.6 is 0 Å². The van der Waals surface area contributed by atoms with Crippen LogP contribution in [0.25, 0.3) is 0 Å². The number of ether oxygens (including phenoxy) is 1. The lowest BCUT2D eigenvalue weighted by molar-refractivity contribution is 0.0285. The van der Waals surface area contributed by atoms with E-state index in [1.165, 1.54) is 19.3 Å². The van der Waals surface area contributed by atoms with E-state index in [4.69, 9.17) is 17.7 Å². The Morgan fingerprint density at radius 1 is 1.50 bits per heavy atom. The topological polar surface area (TPSA) is 92.5 Å². The molecule has 2 N–H and O–H groups in total. The highest BCUT2D eigenvalue weighted by Gasteiger charge is 2.05. The van der Waals surface area contributed by atoms with Gasteiger partial charge in [0, 0.05) is 6.61 Å². The predicted octanol–water partition coefficient (Wildman–Crippen LogP) is -0.0193. The Morgan fingerprint density at radius 3 is 2.17 bits per heavy atom. The first kappa shape index (κ1) is 11.8. The van der Waals surface area contributed by atoms with Gasteiger partial charge in [-0.3, -0.25) is 0 Å². The summed E-state index contributed by atoms with van der Waals surface area (Å²) in [5.74, 6) is 0. The Balaban J connectivity index is 0.000000217. The van der Waals surface area contributed by atoms with E-state index in [0.717, 1.165) is 6.61 Å². The fourth-order valence-electron chi connectivity index (χ4n) is 0.902. The maximum Gasteiger partial charge on any atom is 0.156 e. The van der Waals surface area contributed by atoms with E-state index in [-0.39, 0.29) is 0 Å². The summed E-state index contributed by atoms with van der Waals surface area (Å²) in [4.78, 5) is 0. The molecule has 0 bridgehead atoms. The molecule has 1 saturated heterocycles. The molecule has 1 rings (SSSR count). The Hall–Kier alpha value is -0.170. The summed E-state index contributed by atoms with van der Waals surface area (Å²) in [5.41, 5.74) is 0. The summed E-state index contributed by atoms with van der Waals surface area (Å²) >= 11 is 0. The molecule has 1 heterocycles. The van der Waals surface area contributed by atoms with Crippen molar-refractivity contribution in [3.05, 3.63) is 0 Å². The van der Waals surface area contributed by atoms with Crippen molar-refractivity contribution in [2.75, 3.05) is 6.61 Å². The molecule has 1 fully saturated rings. The van der Waals surface area contributed by atoms with Gasteiger partial charge in [-0.15, -0.1) is 0 Å². The van der Waals surface area contributed by atoms with Gasteiger partial charge >= 0.3 is 0 Å². The van der Waals surface area contributed by atoms with Gasteiger partial charge in [0.2, 0.25) is 0 Å². The molecule has 0 saturated carbocycles. The standard InChI is InChI=1S/C6H12O.H3NO3S/c1-6-4-2-3-5-7-6;1-5(2,3)4/h6H,2-5H2,1H3;(H3,1,2,3,4)/p-1. The van der Waals surface area contributed by atoms with Crippen molar-refractivity contribution in [1.82, 2.24) is 0 Å². The largest absolute Gasteiger partial charge is 0.736 e. The molecule has 0 aromatic rings. The van der Waals surface area contributed by atoms with E-state index >= 15 is 0 Å². The van der Waals surface area contributed by atoms with Gasteiger partial charge in [-0.05, 0) is 26.2 Å². The second-order valence-electron chi connectivity index (χ2n) is 2.67. The van der Waals surface area contributed by atoms with Crippen molar-refractivity contribution in [2.24, 2.45) is 5.14 Å². The molecule has 6 heteroatoms. The number of rotatable bonds is 0. The fraction of sp³-hybridized carbons (Fsp3) is 1.00. The van der Waals surface area contributed by atoms with Gasteiger partial charge in [0.1, 0.15) is 0 Å². The quantitative estimate of drug-likeness (QED) is 0.551. The summed E-state index contributed by atoms with van der Waals surface area (Å²) in [7, 11) is -4.42. The molecule has 1 atom stereocenters. The minimum absolute atomic E-state index is 0.536. The fourth-order valence-corrected chi connectivity index (χ4v) is 0.902. The van der Waals surface area contributed by atoms with Crippen LogP contribution in [0.4, 0.5) is 0 Å². The average Bonchev–Trinajstić information content (AvgIpc) is 1.85. The highest BCUT2D eigenvalue weighted by molar-refractivity contribution is 7.83. The Labute approximate surface area is 72.8 Å². The van der Waals surface area contributed by atoms with Crippen LogP contribution in [0, 0.1) is 0 Å². The van der Waals surface area contributed by atoms with Crippen molar-refractivity contribution in [3.8, 4) is 0 Å². The summed E-state index contributed by atoms with van der Waals surface area (Å²) in [5, 5.41) is 3.77. The van der Waals surface area contributed by atoms with Crippen molar-refractivity contribution in [1.29, 1.82) is 0 Å². The third-order valence-corrected chi connectivity index (χ3v) is 1.41. The zero-order chi connectivity index (χ0) is 9.61. The lowest BCUT2D eigenvalue weighted by Gasteiger charge is -2.17. The average molecular weight is 196 g/mol. The Bertz CT molecular complexity index is 188. The summed E-state index contributed by atoms with van der Waals surface area (Å²) in [6, 6.07) is 0. The van der Waals surface area contributed by atoms with Crippen LogP contribution in [0.15, 0.2) is 0 Å². The molecule has 0 aromatic heterocycles. The SMILES string of the molecule is CC1CCCCO1.NS(=O)(=O)[O-]. The van der Waals surface area contributed by atoms with Crippen molar-refractivity contribution in [3.63, 3.8) is 0 Å². The smallest absolute Gasteiger partial charge is 0.156 e. The van der Waals surface area contributed by atoms with Crippen molar-refractivity contribution < 1.29 is 17.7 Å². The Kier molecular flexibility index (Phi) is 5.39. The van der Waals surface area contributed by atoms with Crippen LogP contribution in [0.5, 0.6) is 0 Å². The van der Waals surface area contributed by atoms with Crippen LogP contribution < -0.4 is 5.14 Å². The molecule has 12 heavy (non-hydrogen) atoms. The summed E-state index contributed by atoms with van der Waals surface area (Å²) in [6.45, 7) is 3.13. The molecule has 0 amide bonds. The van der Waals surface area contributed by atoms with E-state index in [0.29, 0.717) is 6.10 Å². The van der Waals surface area contributed by atoms with Crippen LogP contribution in [-0.2, 0) is 15.0 Å². The van der Waals surface area contributed by atoms with Gasteiger partial charge in [-0.25, -0.2) is 13.6 Å². The first-order valence-corrected chi connectivity index (χ1v) is 5.22. The minimum atomic E-state index is -4.42. The van der Waals surface area contributed by atoms with E-state index in [1.807, 2.05) is 0 Å². The molecule has 1 unspecified atom stereocenters. The van der Waals surface area contributed by atoms with Gasteiger partial charge in [-0.2, -0.15) is 0 Å². The van der Waals surface area contributed by atoms with Crippen LogP contribution in [-0.4, -0.2) is 25.7 Å². The molecular weight excluding hydrogens is 182 g/mol. The highest BCUT2D eigenvalue weighted by Crippen LogP contribution is 2.10. The molecule has 74 valence electrons. The van der Waals surface area contributed by atoms with Crippen molar-refractivity contribution >= 4 is 10.3 Å². The third kappa shape index (κ3) is 12.5. The maximum atomic E-state index is 8.85. The lowest BCUT2D eigenvalue weighted by Crippen LogP contribution is -2.14. The van der Waals surface area contributed by atoms with Crippen LogP contribution in [0.1, 0.15) is 26.2 Å². The zero-order valence-corrected chi connectivity index (χ0v) is 7.84. The molecule has 0 radical (unpaired) electrons. The van der Waals surface area contributed by atoms with Crippen molar-refractivity contribution in [2.45, 2.75) is 32.3 Å². The monoisotopic (exact) mass is 196 g/mol. The molecule has 1 aliphatic heterocycles. The normalized spacial score (nSPS) is 24.1. The zero-order valence-electron chi connectivity index (χ0n) is 7.02. The van der Waals surface area contributed by atoms with E-state index in [9.17, 15) is 0 Å². The van der Waals surface area contributed by atoms with Gasteiger partial charge in [0.25, 0.3) is 0 Å². The van der Waals surface area contributed by atoms with Crippen LogP contribution in [0.2, 0.25) is 0 Å². The predicted molar refractivity (Wildman–Crippen MR) is 43.1 cm³/mol. The summed E-state index contributed by atoms with van der Waals surface area (Å²) < 4.78 is 31.8. The maximum absolute atomic E-state index is 8.85. The second-order valence-corrected chi connectivity index (χ2v) is 3.66. The first-order chi connectivity index (χ1) is 5.39. The molecule has 5 nitrogen and oxygen atoms in total. The van der Waals surface area contributed by atoms with Gasteiger partial charge in [0.05, 0.1) is 6.10 Å². The number of hydrogen-bond donors (Lipinski definition) is 1. The molecule has 0 aromatic carbocycles. The number of nitrogens with two attached hydrogens (primary N) is 1. The molecule has 1 aliphatic rings. The van der Waals surface area contributed by atoms with Crippen LogP contribution in [0.3, 0.4) is 0 Å². The number of hydrogen-bond acceptors (Lipinski definition) is 4. The first-order valence-electron chi connectivity index (χ1n) is 3.75. The van der Waals surface area contributed by atoms with Gasteiger partial charge in [-0.1, -0.05) is 0 Å². The van der Waals surface area contributed by atoms with Gasteiger partial charge < -0.3 is 9.29 Å².